The van der Waals surface area contributed by atoms with Crippen molar-refractivity contribution in [1.82, 2.24) is 4.90 Å². The summed E-state index contributed by atoms with van der Waals surface area (Å²) in [5.41, 5.74) is 2.32. The highest BCUT2D eigenvalue weighted by molar-refractivity contribution is 7.80. The minimum atomic E-state index is -0.572. The Morgan fingerprint density at radius 1 is 1.23 bits per heavy atom. The maximum Gasteiger partial charge on any atom is 0.411 e. The number of amides is 1. The second kappa shape index (κ2) is 9.04. The van der Waals surface area contributed by atoms with Gasteiger partial charge in [-0.3, -0.25) is 4.90 Å². The van der Waals surface area contributed by atoms with E-state index in [0.29, 0.717) is 11.5 Å². The molecular weight excluding hydrogens is 396 g/mol. The fourth-order valence-electron chi connectivity index (χ4n) is 3.47. The molecule has 0 fully saturated rings. The van der Waals surface area contributed by atoms with Gasteiger partial charge in [-0.1, -0.05) is 55.5 Å². The molecule has 1 heterocycles. The van der Waals surface area contributed by atoms with Crippen LogP contribution in [-0.2, 0) is 11.3 Å². The summed E-state index contributed by atoms with van der Waals surface area (Å²) in [6, 6.07) is 15.8. The Kier molecular flexibility index (Phi) is 6.66. The van der Waals surface area contributed by atoms with E-state index in [9.17, 15) is 4.79 Å². The van der Waals surface area contributed by atoms with Gasteiger partial charge in [0.15, 0.2) is 0 Å². The number of benzene rings is 2. The molecule has 160 valence electrons. The zero-order valence-electron chi connectivity index (χ0n) is 18.3. The van der Waals surface area contributed by atoms with Crippen LogP contribution in [0.4, 0.5) is 10.5 Å². The molecule has 0 bridgehead atoms. The Morgan fingerprint density at radius 3 is 2.57 bits per heavy atom. The first-order chi connectivity index (χ1) is 14.2. The maximum atomic E-state index is 13.2. The number of carbonyl (C=O) groups excluding carboxylic acids is 1. The number of anilines is 1. The second-order valence-corrected chi connectivity index (χ2v) is 8.96. The van der Waals surface area contributed by atoms with Crippen molar-refractivity contribution in [3.05, 3.63) is 59.7 Å². The van der Waals surface area contributed by atoms with Gasteiger partial charge in [0.2, 0.25) is 0 Å². The van der Waals surface area contributed by atoms with Crippen molar-refractivity contribution >= 4 is 29.0 Å². The van der Waals surface area contributed by atoms with Crippen molar-refractivity contribution in [2.75, 3.05) is 5.32 Å². The monoisotopic (exact) mass is 426 g/mol. The molecule has 2 atom stereocenters. The molecule has 2 aromatic carbocycles. The highest BCUT2D eigenvalue weighted by Crippen LogP contribution is 2.36. The summed E-state index contributed by atoms with van der Waals surface area (Å²) in [6.45, 7) is 10.1. The molecule has 5 nitrogen and oxygen atoms in total. The molecule has 0 radical (unpaired) electrons. The predicted octanol–water partition coefficient (Wildman–Crippen LogP) is 6.10. The summed E-state index contributed by atoms with van der Waals surface area (Å²) in [5, 5.41) is 3.26. The Morgan fingerprint density at radius 2 is 1.93 bits per heavy atom. The average molecular weight is 427 g/mol. The molecule has 0 saturated heterocycles. The van der Waals surface area contributed by atoms with E-state index in [1.165, 1.54) is 0 Å². The van der Waals surface area contributed by atoms with Gasteiger partial charge in [-0.05, 0) is 57.4 Å². The minimum Gasteiger partial charge on any atom is -0.481 e. The van der Waals surface area contributed by atoms with Crippen LogP contribution in [0.2, 0.25) is 0 Å². The predicted molar refractivity (Wildman–Crippen MR) is 124 cm³/mol. The lowest BCUT2D eigenvalue weighted by molar-refractivity contribution is 0.0131. The molecule has 1 amide bonds. The normalized spacial score (nSPS) is 16.7. The van der Waals surface area contributed by atoms with Crippen molar-refractivity contribution in [1.29, 1.82) is 0 Å². The number of rotatable bonds is 5. The average Bonchev–Trinajstić information content (AvgIpc) is 2.68. The number of fused-ring (bicyclic) bond motifs is 1. The van der Waals surface area contributed by atoms with Crippen LogP contribution in [0.15, 0.2) is 48.5 Å². The molecular formula is C24H30N2O3S. The second-order valence-electron chi connectivity index (χ2n) is 8.52. The Bertz CT molecular complexity index is 908. The largest absolute Gasteiger partial charge is 0.481 e. The van der Waals surface area contributed by atoms with E-state index in [1.807, 2.05) is 76.2 Å². The maximum absolute atomic E-state index is 13.2. The quantitative estimate of drug-likeness (QED) is 0.586. The van der Waals surface area contributed by atoms with E-state index in [1.54, 1.807) is 4.90 Å². The number of ether oxygens (including phenoxy) is 2. The topological polar surface area (TPSA) is 50.8 Å². The van der Waals surface area contributed by atoms with Gasteiger partial charge in [0.1, 0.15) is 22.4 Å². The SMILES string of the molecule is CCC(c1ccc2c(c1)NC(=S)C(C)O2)N(Cc1ccccc1)C(=O)OC(C)(C)C. The number of nitrogens with zero attached hydrogens (tertiary/aromatic N) is 1. The van der Waals surface area contributed by atoms with Gasteiger partial charge in [0.05, 0.1) is 11.7 Å². The van der Waals surface area contributed by atoms with E-state index in [0.717, 1.165) is 29.0 Å². The molecule has 0 spiro atoms. The lowest BCUT2D eigenvalue weighted by atomic mass is 10.0. The summed E-state index contributed by atoms with van der Waals surface area (Å²) in [5.74, 6) is 0.765. The van der Waals surface area contributed by atoms with Gasteiger partial charge in [-0.15, -0.1) is 0 Å². The lowest BCUT2D eigenvalue weighted by Gasteiger charge is -2.34. The smallest absolute Gasteiger partial charge is 0.411 e. The van der Waals surface area contributed by atoms with Gasteiger partial charge in [0, 0.05) is 6.54 Å². The van der Waals surface area contributed by atoms with Gasteiger partial charge in [-0.2, -0.15) is 0 Å². The van der Waals surface area contributed by atoms with Crippen LogP contribution in [0.5, 0.6) is 5.75 Å². The zero-order valence-corrected chi connectivity index (χ0v) is 19.1. The fourth-order valence-corrected chi connectivity index (χ4v) is 3.63. The molecule has 1 aliphatic rings. The zero-order chi connectivity index (χ0) is 21.9. The Labute approximate surface area is 184 Å². The summed E-state index contributed by atoms with van der Waals surface area (Å²) in [7, 11) is 0. The number of hydrogen-bond acceptors (Lipinski definition) is 4. The van der Waals surface area contributed by atoms with Gasteiger partial charge < -0.3 is 14.8 Å². The lowest BCUT2D eigenvalue weighted by Crippen LogP contribution is -2.39. The summed E-state index contributed by atoms with van der Waals surface area (Å²) < 4.78 is 11.6. The molecule has 1 aliphatic heterocycles. The Hall–Kier alpha value is -2.60. The number of hydrogen-bond donors (Lipinski definition) is 1. The van der Waals surface area contributed by atoms with Crippen LogP contribution < -0.4 is 10.1 Å². The minimum absolute atomic E-state index is 0.153. The van der Waals surface area contributed by atoms with Crippen LogP contribution in [0, 0.1) is 0 Å². The first kappa shape index (κ1) is 22.1. The highest BCUT2D eigenvalue weighted by Gasteiger charge is 2.30. The van der Waals surface area contributed by atoms with Crippen molar-refractivity contribution in [2.24, 2.45) is 0 Å². The molecule has 1 N–H and O–H groups in total. The van der Waals surface area contributed by atoms with Crippen LogP contribution in [0.3, 0.4) is 0 Å². The number of thiocarbonyl (C=S) groups is 1. The number of carbonyl (C=O) groups is 1. The summed E-state index contributed by atoms with van der Waals surface area (Å²) in [6.07, 6.45) is 0.257. The van der Waals surface area contributed by atoms with Crippen molar-refractivity contribution in [3.63, 3.8) is 0 Å². The van der Waals surface area contributed by atoms with E-state index in [4.69, 9.17) is 21.7 Å². The van der Waals surface area contributed by atoms with Crippen molar-refractivity contribution in [3.8, 4) is 5.75 Å². The van der Waals surface area contributed by atoms with Crippen molar-refractivity contribution < 1.29 is 14.3 Å². The summed E-state index contributed by atoms with van der Waals surface area (Å²) in [4.78, 5) is 15.6. The number of nitrogens with one attached hydrogen (secondary N) is 1. The molecule has 0 aromatic heterocycles. The fraction of sp³-hybridized carbons (Fsp3) is 0.417. The van der Waals surface area contributed by atoms with Gasteiger partial charge in [0.25, 0.3) is 0 Å². The third-order valence-corrected chi connectivity index (χ3v) is 5.34. The molecule has 3 rings (SSSR count). The molecule has 2 unspecified atom stereocenters. The summed E-state index contributed by atoms with van der Waals surface area (Å²) >= 11 is 5.36. The van der Waals surface area contributed by atoms with Gasteiger partial charge in [-0.25, -0.2) is 4.79 Å². The third-order valence-electron chi connectivity index (χ3n) is 4.91. The Balaban J connectivity index is 1.94. The first-order valence-corrected chi connectivity index (χ1v) is 10.7. The molecule has 0 aliphatic carbocycles. The van der Waals surface area contributed by atoms with Crippen LogP contribution in [0.1, 0.15) is 58.2 Å². The van der Waals surface area contributed by atoms with Gasteiger partial charge >= 0.3 is 6.09 Å². The standard InChI is InChI=1S/C24H30N2O3S/c1-6-20(18-12-13-21-19(14-18)25-22(30)16(2)28-21)26(23(27)29-24(3,4)5)15-17-10-8-7-9-11-17/h7-14,16,20H,6,15H2,1-5H3,(H,25,30). The van der Waals surface area contributed by atoms with Crippen LogP contribution >= 0.6 is 12.2 Å². The van der Waals surface area contributed by atoms with Crippen molar-refractivity contribution in [2.45, 2.75) is 65.3 Å². The van der Waals surface area contributed by atoms with E-state index >= 15 is 0 Å². The molecule has 6 heteroatoms. The molecule has 30 heavy (non-hydrogen) atoms. The van der Waals surface area contributed by atoms with E-state index in [2.05, 4.69) is 12.2 Å². The molecule has 2 aromatic rings. The highest BCUT2D eigenvalue weighted by atomic mass is 32.1. The van der Waals surface area contributed by atoms with Crippen LogP contribution in [-0.4, -0.2) is 27.7 Å². The molecule has 0 saturated carbocycles. The van der Waals surface area contributed by atoms with E-state index < -0.39 is 5.60 Å². The first-order valence-electron chi connectivity index (χ1n) is 10.3. The van der Waals surface area contributed by atoms with E-state index in [-0.39, 0.29) is 18.2 Å². The van der Waals surface area contributed by atoms with Crippen LogP contribution in [0.25, 0.3) is 0 Å². The third kappa shape index (κ3) is 5.30.